The van der Waals surface area contributed by atoms with E-state index in [4.69, 9.17) is 9.97 Å². The van der Waals surface area contributed by atoms with Crippen LogP contribution in [0.2, 0.25) is 0 Å². The SMILES string of the molecule is c1ccc(-n2c(-c3ccc(-c4cc(-c5ccc(-c6nc7ccccc7n6-c6ccccc6)cc5)c5c(c4)c4ccccc4n5-c4ccccc4)cc3)nc3ccccc32)cc1. The highest BCUT2D eigenvalue weighted by Crippen LogP contribution is 2.42. The van der Waals surface area contributed by atoms with E-state index >= 15 is 0 Å². The summed E-state index contributed by atoms with van der Waals surface area (Å²) in [5, 5.41) is 2.42. The van der Waals surface area contributed by atoms with Gasteiger partial charge in [0.15, 0.2) is 0 Å². The number of aromatic nitrogens is 5. The van der Waals surface area contributed by atoms with Crippen molar-refractivity contribution < 1.29 is 0 Å². The van der Waals surface area contributed by atoms with Crippen molar-refractivity contribution in [1.29, 1.82) is 0 Å². The first-order valence-corrected chi connectivity index (χ1v) is 20.7. The van der Waals surface area contributed by atoms with Gasteiger partial charge < -0.3 is 4.57 Å². The first-order valence-electron chi connectivity index (χ1n) is 20.7. The fourth-order valence-corrected chi connectivity index (χ4v) is 9.06. The lowest BCUT2D eigenvalue weighted by molar-refractivity contribution is 1.10. The number of fused-ring (bicyclic) bond motifs is 5. The van der Waals surface area contributed by atoms with E-state index in [1.807, 2.05) is 0 Å². The third-order valence-electron chi connectivity index (χ3n) is 11.9. The summed E-state index contributed by atoms with van der Waals surface area (Å²) in [6, 6.07) is 79.7. The fraction of sp³-hybridized carbons (Fsp3) is 0. The number of imidazole rings is 2. The largest absolute Gasteiger partial charge is 0.309 e. The van der Waals surface area contributed by atoms with Gasteiger partial charge in [-0.3, -0.25) is 9.13 Å². The summed E-state index contributed by atoms with van der Waals surface area (Å²) in [7, 11) is 0. The molecule has 9 aromatic carbocycles. The summed E-state index contributed by atoms with van der Waals surface area (Å²) in [5.74, 6) is 1.83. The van der Waals surface area contributed by atoms with Gasteiger partial charge in [-0.25, -0.2) is 9.97 Å². The molecule has 0 aliphatic rings. The molecule has 0 amide bonds. The van der Waals surface area contributed by atoms with Crippen LogP contribution < -0.4 is 0 Å². The smallest absolute Gasteiger partial charge is 0.145 e. The molecule has 0 fully saturated rings. The monoisotopic (exact) mass is 779 g/mol. The van der Waals surface area contributed by atoms with Crippen LogP contribution in [0.3, 0.4) is 0 Å². The molecule has 0 saturated heterocycles. The van der Waals surface area contributed by atoms with Crippen molar-refractivity contribution in [2.45, 2.75) is 0 Å². The van der Waals surface area contributed by atoms with Gasteiger partial charge in [-0.1, -0.05) is 146 Å². The summed E-state index contributed by atoms with van der Waals surface area (Å²) in [4.78, 5) is 10.3. The Labute approximate surface area is 352 Å². The van der Waals surface area contributed by atoms with Gasteiger partial charge in [-0.05, 0) is 95.6 Å². The molecule has 0 bridgehead atoms. The number of para-hydroxylation sites is 8. The Kier molecular flexibility index (Phi) is 8.10. The third-order valence-corrected chi connectivity index (χ3v) is 11.9. The predicted octanol–water partition coefficient (Wildman–Crippen LogP) is 14.1. The van der Waals surface area contributed by atoms with Crippen LogP contribution in [0.5, 0.6) is 0 Å². The number of rotatable bonds is 7. The van der Waals surface area contributed by atoms with Gasteiger partial charge in [-0.2, -0.15) is 0 Å². The van der Waals surface area contributed by atoms with Gasteiger partial charge in [0, 0.05) is 44.5 Å². The van der Waals surface area contributed by atoms with Crippen LogP contribution >= 0.6 is 0 Å². The molecule has 3 heterocycles. The zero-order chi connectivity index (χ0) is 40.3. The molecule has 12 aromatic rings. The zero-order valence-corrected chi connectivity index (χ0v) is 33.1. The Hall–Kier alpha value is -8.28. The Balaban J connectivity index is 1.03. The van der Waals surface area contributed by atoms with E-state index in [2.05, 4.69) is 238 Å². The van der Waals surface area contributed by atoms with Crippen LogP contribution in [0.15, 0.2) is 224 Å². The lowest BCUT2D eigenvalue weighted by atomic mass is 9.94. The molecular formula is C56H37N5. The molecule has 0 saturated carbocycles. The molecule has 0 aliphatic heterocycles. The minimum Gasteiger partial charge on any atom is -0.309 e. The summed E-state index contributed by atoms with van der Waals surface area (Å²) in [5.41, 5.74) is 16.4. The standard InChI is InChI=1S/C56H37N5/c1-4-16-43(17-5-1)59-51-25-13-10-22-46(51)48-37-42(38-28-32-40(33-29-38)55-57-49-23-11-14-26-52(49)60(55)44-18-6-2-7-19-44)36-47(54(48)59)39-30-34-41(35-31-39)56-58-50-24-12-15-27-53(50)61(56)45-20-8-3-9-21-45/h1-37H. The molecule has 0 spiro atoms. The Morgan fingerprint density at radius 3 is 1.21 bits per heavy atom. The second kappa shape index (κ2) is 14.2. The van der Waals surface area contributed by atoms with Crippen molar-refractivity contribution in [3.05, 3.63) is 224 Å². The van der Waals surface area contributed by atoms with Crippen molar-refractivity contribution in [2.75, 3.05) is 0 Å². The van der Waals surface area contributed by atoms with Crippen molar-refractivity contribution in [1.82, 2.24) is 23.7 Å². The topological polar surface area (TPSA) is 40.6 Å². The maximum atomic E-state index is 5.16. The van der Waals surface area contributed by atoms with Crippen LogP contribution in [0.4, 0.5) is 0 Å². The lowest BCUT2D eigenvalue weighted by Gasteiger charge is -2.15. The molecule has 5 nitrogen and oxygen atoms in total. The van der Waals surface area contributed by atoms with Gasteiger partial charge in [-0.15, -0.1) is 0 Å². The van der Waals surface area contributed by atoms with Crippen molar-refractivity contribution in [2.24, 2.45) is 0 Å². The normalized spacial score (nSPS) is 11.6. The van der Waals surface area contributed by atoms with Crippen LogP contribution in [0, 0.1) is 0 Å². The molecule has 0 radical (unpaired) electrons. The molecule has 0 aliphatic carbocycles. The van der Waals surface area contributed by atoms with Gasteiger partial charge in [0.05, 0.1) is 33.1 Å². The van der Waals surface area contributed by atoms with Gasteiger partial charge in [0.1, 0.15) is 11.6 Å². The average molecular weight is 780 g/mol. The minimum absolute atomic E-state index is 0.914. The van der Waals surface area contributed by atoms with E-state index in [-0.39, 0.29) is 0 Å². The molecule has 61 heavy (non-hydrogen) atoms. The zero-order valence-electron chi connectivity index (χ0n) is 33.1. The van der Waals surface area contributed by atoms with Crippen molar-refractivity contribution in [3.63, 3.8) is 0 Å². The summed E-state index contributed by atoms with van der Waals surface area (Å²) < 4.78 is 6.93. The Bertz CT molecular complexity index is 3540. The highest BCUT2D eigenvalue weighted by molar-refractivity contribution is 6.15. The van der Waals surface area contributed by atoms with E-state index in [0.29, 0.717) is 0 Å². The fourth-order valence-electron chi connectivity index (χ4n) is 9.06. The first kappa shape index (κ1) is 34.7. The van der Waals surface area contributed by atoms with Crippen LogP contribution in [0.1, 0.15) is 0 Å². The van der Waals surface area contributed by atoms with Gasteiger partial charge in [0.2, 0.25) is 0 Å². The maximum Gasteiger partial charge on any atom is 0.145 e. The van der Waals surface area contributed by atoms with Crippen LogP contribution in [0.25, 0.3) is 106 Å². The molecule has 12 rings (SSSR count). The molecule has 0 unspecified atom stereocenters. The number of benzene rings is 9. The highest BCUT2D eigenvalue weighted by Gasteiger charge is 2.21. The highest BCUT2D eigenvalue weighted by atomic mass is 15.1. The summed E-state index contributed by atoms with van der Waals surface area (Å²) in [6.07, 6.45) is 0. The van der Waals surface area contributed by atoms with E-state index < -0.39 is 0 Å². The van der Waals surface area contributed by atoms with E-state index in [9.17, 15) is 0 Å². The third kappa shape index (κ3) is 5.78. The summed E-state index contributed by atoms with van der Waals surface area (Å²) >= 11 is 0. The van der Waals surface area contributed by atoms with Crippen LogP contribution in [-0.2, 0) is 0 Å². The van der Waals surface area contributed by atoms with Gasteiger partial charge >= 0.3 is 0 Å². The molecule has 5 heteroatoms. The second-order valence-corrected chi connectivity index (χ2v) is 15.5. The van der Waals surface area contributed by atoms with E-state index in [1.54, 1.807) is 0 Å². The summed E-state index contributed by atoms with van der Waals surface area (Å²) in [6.45, 7) is 0. The number of nitrogens with zero attached hydrogens (tertiary/aromatic N) is 5. The van der Waals surface area contributed by atoms with Crippen LogP contribution in [-0.4, -0.2) is 23.7 Å². The van der Waals surface area contributed by atoms with E-state index in [1.165, 1.54) is 21.8 Å². The molecule has 0 N–H and O–H groups in total. The molecule has 3 aromatic heterocycles. The Morgan fingerprint density at radius 2 is 0.689 bits per heavy atom. The first-order chi connectivity index (χ1) is 30.3. The van der Waals surface area contributed by atoms with Crippen molar-refractivity contribution in [3.8, 4) is 62.1 Å². The van der Waals surface area contributed by atoms with E-state index in [0.717, 1.165) is 84.2 Å². The molecule has 0 atom stereocenters. The Morgan fingerprint density at radius 1 is 0.279 bits per heavy atom. The molecule has 286 valence electrons. The lowest BCUT2D eigenvalue weighted by Crippen LogP contribution is -1.98. The number of hydrogen-bond acceptors (Lipinski definition) is 2. The predicted molar refractivity (Wildman–Crippen MR) is 252 cm³/mol. The second-order valence-electron chi connectivity index (χ2n) is 15.5. The van der Waals surface area contributed by atoms with Gasteiger partial charge in [0.25, 0.3) is 0 Å². The molecular weight excluding hydrogens is 743 g/mol. The minimum atomic E-state index is 0.914. The maximum absolute atomic E-state index is 5.16. The quantitative estimate of drug-likeness (QED) is 0.162. The average Bonchev–Trinajstić information content (AvgIpc) is 4.03. The number of hydrogen-bond donors (Lipinski definition) is 0. The van der Waals surface area contributed by atoms with Crippen molar-refractivity contribution >= 4 is 43.9 Å².